The summed E-state index contributed by atoms with van der Waals surface area (Å²) < 4.78 is 0. The van der Waals surface area contributed by atoms with Gasteiger partial charge >= 0.3 is 11.9 Å². The van der Waals surface area contributed by atoms with Gasteiger partial charge in [-0.15, -0.1) is 0 Å². The standard InChI is InChI=1S/C16H17NO4/c1-9-6-4-5-7-11(9)16(3)8-12(14(18)19)17-13(10(16)2)15(20)21/h4-8,17H,1-3H3,(H,18,19)(H,20,21). The molecular formula is C16H17NO4. The molecule has 110 valence electrons. The van der Waals surface area contributed by atoms with Gasteiger partial charge in [0.2, 0.25) is 0 Å². The number of dihydropyridines is 1. The lowest BCUT2D eigenvalue weighted by molar-refractivity contribution is -0.133. The first-order valence-corrected chi connectivity index (χ1v) is 6.51. The number of benzene rings is 1. The maximum absolute atomic E-state index is 11.4. The summed E-state index contributed by atoms with van der Waals surface area (Å²) in [5.74, 6) is -2.35. The first-order valence-electron chi connectivity index (χ1n) is 6.51. The minimum Gasteiger partial charge on any atom is -0.477 e. The molecule has 0 saturated carbocycles. The van der Waals surface area contributed by atoms with Crippen molar-refractivity contribution in [2.75, 3.05) is 0 Å². The van der Waals surface area contributed by atoms with Gasteiger partial charge in [0, 0.05) is 5.41 Å². The van der Waals surface area contributed by atoms with Crippen molar-refractivity contribution < 1.29 is 19.8 Å². The van der Waals surface area contributed by atoms with Gasteiger partial charge in [-0.25, -0.2) is 9.59 Å². The SMILES string of the molecule is CC1=C(C(=O)O)NC(C(=O)O)=CC1(C)c1ccccc1C. The molecule has 1 aromatic rings. The van der Waals surface area contributed by atoms with Gasteiger partial charge in [-0.05, 0) is 43.5 Å². The Bertz CT molecular complexity index is 687. The Morgan fingerprint density at radius 1 is 1.10 bits per heavy atom. The number of aryl methyl sites for hydroxylation is 1. The van der Waals surface area contributed by atoms with Gasteiger partial charge in [0.25, 0.3) is 0 Å². The number of carbonyl (C=O) groups is 2. The highest BCUT2D eigenvalue weighted by Crippen LogP contribution is 2.39. The minimum atomic E-state index is -1.18. The monoisotopic (exact) mass is 287 g/mol. The average Bonchev–Trinajstić information content (AvgIpc) is 2.41. The van der Waals surface area contributed by atoms with Crippen molar-refractivity contribution >= 4 is 11.9 Å². The molecule has 2 rings (SSSR count). The van der Waals surface area contributed by atoms with Gasteiger partial charge in [-0.2, -0.15) is 0 Å². The van der Waals surface area contributed by atoms with Gasteiger partial charge < -0.3 is 15.5 Å². The van der Waals surface area contributed by atoms with Crippen LogP contribution in [-0.2, 0) is 15.0 Å². The molecule has 1 unspecified atom stereocenters. The maximum Gasteiger partial charge on any atom is 0.352 e. The summed E-state index contributed by atoms with van der Waals surface area (Å²) in [6.07, 6.45) is 1.57. The van der Waals surface area contributed by atoms with Crippen LogP contribution in [0.25, 0.3) is 0 Å². The number of rotatable bonds is 3. The molecule has 0 aromatic heterocycles. The molecule has 5 heteroatoms. The molecule has 1 atom stereocenters. The van der Waals surface area contributed by atoms with Crippen LogP contribution in [-0.4, -0.2) is 22.2 Å². The van der Waals surface area contributed by atoms with E-state index in [0.717, 1.165) is 11.1 Å². The van der Waals surface area contributed by atoms with Crippen LogP contribution in [0, 0.1) is 6.92 Å². The predicted molar refractivity (Wildman–Crippen MR) is 77.7 cm³/mol. The highest BCUT2D eigenvalue weighted by molar-refractivity contribution is 5.94. The van der Waals surface area contributed by atoms with Gasteiger partial charge in [-0.3, -0.25) is 0 Å². The molecule has 0 saturated heterocycles. The Morgan fingerprint density at radius 3 is 2.24 bits per heavy atom. The van der Waals surface area contributed by atoms with Crippen molar-refractivity contribution in [1.82, 2.24) is 5.32 Å². The van der Waals surface area contributed by atoms with Crippen LogP contribution in [0.15, 0.2) is 47.3 Å². The zero-order valence-electron chi connectivity index (χ0n) is 12.1. The number of hydrogen-bond donors (Lipinski definition) is 3. The zero-order valence-corrected chi connectivity index (χ0v) is 12.1. The third kappa shape index (κ3) is 2.42. The molecule has 0 bridgehead atoms. The molecule has 21 heavy (non-hydrogen) atoms. The third-order valence-electron chi connectivity index (χ3n) is 4.00. The first kappa shape index (κ1) is 14.8. The summed E-state index contributed by atoms with van der Waals surface area (Å²) in [6.45, 7) is 5.46. The Labute approximate surface area is 122 Å². The summed E-state index contributed by atoms with van der Waals surface area (Å²) in [4.78, 5) is 22.7. The highest BCUT2D eigenvalue weighted by atomic mass is 16.4. The Kier molecular flexibility index (Phi) is 3.60. The van der Waals surface area contributed by atoms with Gasteiger partial charge in [0.1, 0.15) is 11.4 Å². The van der Waals surface area contributed by atoms with Crippen molar-refractivity contribution in [3.63, 3.8) is 0 Å². The fraction of sp³-hybridized carbons (Fsp3) is 0.250. The number of carboxylic acid groups (broad SMARTS) is 2. The lowest BCUT2D eigenvalue weighted by Crippen LogP contribution is -2.37. The Hall–Kier alpha value is -2.56. The van der Waals surface area contributed by atoms with E-state index in [1.165, 1.54) is 0 Å². The average molecular weight is 287 g/mol. The second kappa shape index (κ2) is 5.09. The molecule has 1 aliphatic rings. The maximum atomic E-state index is 11.4. The smallest absolute Gasteiger partial charge is 0.352 e. The topological polar surface area (TPSA) is 86.6 Å². The van der Waals surface area contributed by atoms with Crippen LogP contribution >= 0.6 is 0 Å². The lowest BCUT2D eigenvalue weighted by Gasteiger charge is -2.35. The summed E-state index contributed by atoms with van der Waals surface area (Å²) >= 11 is 0. The van der Waals surface area contributed by atoms with Crippen molar-refractivity contribution in [3.8, 4) is 0 Å². The van der Waals surface area contributed by atoms with E-state index in [4.69, 9.17) is 0 Å². The van der Waals surface area contributed by atoms with Crippen LogP contribution in [0.4, 0.5) is 0 Å². The molecule has 5 nitrogen and oxygen atoms in total. The molecule has 0 aliphatic carbocycles. The third-order valence-corrected chi connectivity index (χ3v) is 4.00. The number of hydrogen-bond acceptors (Lipinski definition) is 3. The lowest BCUT2D eigenvalue weighted by atomic mass is 9.72. The molecule has 1 aromatic carbocycles. The molecule has 3 N–H and O–H groups in total. The molecular weight excluding hydrogens is 270 g/mol. The summed E-state index contributed by atoms with van der Waals surface area (Å²) in [5.41, 5.74) is 1.46. The molecule has 0 fully saturated rings. The molecule has 0 spiro atoms. The van der Waals surface area contributed by atoms with E-state index in [1.807, 2.05) is 38.1 Å². The van der Waals surface area contributed by atoms with E-state index in [9.17, 15) is 19.8 Å². The summed E-state index contributed by atoms with van der Waals surface area (Å²) in [5, 5.41) is 21.0. The second-order valence-electron chi connectivity index (χ2n) is 5.31. The van der Waals surface area contributed by atoms with Crippen LogP contribution in [0.5, 0.6) is 0 Å². The molecule has 1 heterocycles. The fourth-order valence-corrected chi connectivity index (χ4v) is 2.69. The van der Waals surface area contributed by atoms with Crippen molar-refractivity contribution in [2.24, 2.45) is 0 Å². The summed E-state index contributed by atoms with van der Waals surface area (Å²) in [6, 6.07) is 7.56. The first-order chi connectivity index (χ1) is 9.77. The predicted octanol–water partition coefficient (Wildman–Crippen LogP) is 2.18. The molecule has 0 amide bonds. The van der Waals surface area contributed by atoms with Gasteiger partial charge in [-0.1, -0.05) is 24.3 Å². The van der Waals surface area contributed by atoms with Gasteiger partial charge in [0.05, 0.1) is 0 Å². The van der Waals surface area contributed by atoms with Crippen molar-refractivity contribution in [3.05, 3.63) is 58.4 Å². The van der Waals surface area contributed by atoms with E-state index >= 15 is 0 Å². The van der Waals surface area contributed by atoms with E-state index in [-0.39, 0.29) is 11.4 Å². The highest BCUT2D eigenvalue weighted by Gasteiger charge is 2.37. The van der Waals surface area contributed by atoms with E-state index in [2.05, 4.69) is 5.32 Å². The van der Waals surface area contributed by atoms with Crippen LogP contribution in [0.3, 0.4) is 0 Å². The van der Waals surface area contributed by atoms with E-state index in [0.29, 0.717) is 5.57 Å². The van der Waals surface area contributed by atoms with Crippen LogP contribution in [0.1, 0.15) is 25.0 Å². The largest absolute Gasteiger partial charge is 0.477 e. The number of allylic oxidation sites excluding steroid dienone is 2. The quantitative estimate of drug-likeness (QED) is 0.793. The second-order valence-corrected chi connectivity index (χ2v) is 5.31. The molecule has 0 radical (unpaired) electrons. The number of carboxylic acids is 2. The zero-order chi connectivity index (χ0) is 15.8. The number of aliphatic carboxylic acids is 2. The van der Waals surface area contributed by atoms with E-state index < -0.39 is 17.4 Å². The van der Waals surface area contributed by atoms with Crippen molar-refractivity contribution in [2.45, 2.75) is 26.2 Å². The summed E-state index contributed by atoms with van der Waals surface area (Å²) in [7, 11) is 0. The minimum absolute atomic E-state index is 0.0827. The fourth-order valence-electron chi connectivity index (χ4n) is 2.69. The molecule has 1 aliphatic heterocycles. The number of nitrogens with one attached hydrogen (secondary N) is 1. The van der Waals surface area contributed by atoms with E-state index in [1.54, 1.807) is 13.0 Å². The van der Waals surface area contributed by atoms with Gasteiger partial charge in [0.15, 0.2) is 0 Å². The normalized spacial score (nSPS) is 21.6. The van der Waals surface area contributed by atoms with Crippen LogP contribution in [0.2, 0.25) is 0 Å². The Morgan fingerprint density at radius 2 is 1.71 bits per heavy atom. The van der Waals surface area contributed by atoms with Crippen LogP contribution < -0.4 is 5.32 Å². The Balaban J connectivity index is 2.72. The van der Waals surface area contributed by atoms with Crippen molar-refractivity contribution in [1.29, 1.82) is 0 Å².